The van der Waals surface area contributed by atoms with Crippen LogP contribution in [0.1, 0.15) is 39.4 Å². The van der Waals surface area contributed by atoms with Gasteiger partial charge in [0, 0.05) is 41.3 Å². The average Bonchev–Trinajstić information content (AvgIpc) is 2.86. The van der Waals surface area contributed by atoms with Crippen molar-refractivity contribution < 1.29 is 9.84 Å². The first kappa shape index (κ1) is 15.9. The van der Waals surface area contributed by atoms with Crippen molar-refractivity contribution in [1.29, 1.82) is 0 Å². The van der Waals surface area contributed by atoms with Crippen LogP contribution < -0.4 is 4.74 Å². The van der Waals surface area contributed by atoms with E-state index in [9.17, 15) is 5.11 Å². The van der Waals surface area contributed by atoms with Crippen LogP contribution in [0.3, 0.4) is 0 Å². The van der Waals surface area contributed by atoms with Crippen molar-refractivity contribution >= 4 is 10.9 Å². The Labute approximate surface area is 126 Å². The SMILES string of the molecule is COc1ccc2[nH]cc(C(O)CN(C(C)C)C(C)C)c2c1. The van der Waals surface area contributed by atoms with Crippen molar-refractivity contribution in [2.24, 2.45) is 0 Å². The molecule has 21 heavy (non-hydrogen) atoms. The zero-order valence-corrected chi connectivity index (χ0v) is 13.6. The molecule has 4 heteroatoms. The topological polar surface area (TPSA) is 48.5 Å². The summed E-state index contributed by atoms with van der Waals surface area (Å²) in [6.45, 7) is 9.26. The molecular weight excluding hydrogens is 264 g/mol. The Kier molecular flexibility index (Phi) is 4.91. The number of aliphatic hydroxyl groups excluding tert-OH is 1. The highest BCUT2D eigenvalue weighted by Gasteiger charge is 2.21. The summed E-state index contributed by atoms with van der Waals surface area (Å²) in [4.78, 5) is 5.51. The average molecular weight is 290 g/mol. The molecule has 0 aliphatic carbocycles. The predicted octanol–water partition coefficient (Wildman–Crippen LogP) is 3.33. The molecule has 4 nitrogen and oxygen atoms in total. The Morgan fingerprint density at radius 2 is 1.86 bits per heavy atom. The van der Waals surface area contributed by atoms with Gasteiger partial charge < -0.3 is 14.8 Å². The molecule has 0 bridgehead atoms. The van der Waals surface area contributed by atoms with E-state index in [1.807, 2.05) is 24.4 Å². The first-order valence-corrected chi connectivity index (χ1v) is 7.52. The van der Waals surface area contributed by atoms with Crippen LogP contribution in [0.2, 0.25) is 0 Å². The van der Waals surface area contributed by atoms with Crippen molar-refractivity contribution in [3.63, 3.8) is 0 Å². The Morgan fingerprint density at radius 1 is 1.19 bits per heavy atom. The van der Waals surface area contributed by atoms with E-state index >= 15 is 0 Å². The van der Waals surface area contributed by atoms with Gasteiger partial charge in [-0.1, -0.05) is 0 Å². The van der Waals surface area contributed by atoms with Crippen LogP contribution in [0.25, 0.3) is 10.9 Å². The molecule has 1 heterocycles. The quantitative estimate of drug-likeness (QED) is 0.858. The highest BCUT2D eigenvalue weighted by atomic mass is 16.5. The fourth-order valence-electron chi connectivity index (χ4n) is 2.84. The maximum Gasteiger partial charge on any atom is 0.119 e. The van der Waals surface area contributed by atoms with E-state index in [1.54, 1.807) is 7.11 Å². The van der Waals surface area contributed by atoms with Crippen molar-refractivity contribution in [3.05, 3.63) is 30.0 Å². The van der Waals surface area contributed by atoms with E-state index in [0.29, 0.717) is 18.6 Å². The Bertz CT molecular complexity index is 581. The molecule has 2 aromatic rings. The summed E-state index contributed by atoms with van der Waals surface area (Å²) in [5, 5.41) is 11.7. The summed E-state index contributed by atoms with van der Waals surface area (Å²) in [5.41, 5.74) is 1.95. The molecule has 0 saturated heterocycles. The molecular formula is C17H26N2O2. The van der Waals surface area contributed by atoms with Gasteiger partial charge in [0.1, 0.15) is 5.75 Å². The van der Waals surface area contributed by atoms with Gasteiger partial charge in [0.2, 0.25) is 0 Å². The number of aliphatic hydroxyl groups is 1. The number of rotatable bonds is 6. The zero-order chi connectivity index (χ0) is 15.6. The number of methoxy groups -OCH3 is 1. The molecule has 0 amide bonds. The standard InChI is InChI=1S/C17H26N2O2/c1-11(2)19(12(3)4)10-17(20)15-9-18-16-7-6-13(21-5)8-14(15)16/h6-9,11-12,17-18,20H,10H2,1-5H3. The fraction of sp³-hybridized carbons (Fsp3) is 0.529. The van der Waals surface area contributed by atoms with Gasteiger partial charge in [0.05, 0.1) is 13.2 Å². The van der Waals surface area contributed by atoms with E-state index < -0.39 is 6.10 Å². The Hall–Kier alpha value is -1.52. The number of hydrogen-bond acceptors (Lipinski definition) is 3. The number of ether oxygens (including phenoxy) is 1. The molecule has 0 radical (unpaired) electrons. The first-order chi connectivity index (χ1) is 9.93. The van der Waals surface area contributed by atoms with Gasteiger partial charge in [-0.15, -0.1) is 0 Å². The second-order valence-electron chi connectivity index (χ2n) is 6.06. The smallest absolute Gasteiger partial charge is 0.119 e. The van der Waals surface area contributed by atoms with E-state index in [2.05, 4.69) is 37.6 Å². The predicted molar refractivity (Wildman–Crippen MR) is 86.8 cm³/mol. The van der Waals surface area contributed by atoms with E-state index in [1.165, 1.54) is 0 Å². The van der Waals surface area contributed by atoms with Gasteiger partial charge in [-0.3, -0.25) is 4.90 Å². The number of aromatic amines is 1. The van der Waals surface area contributed by atoms with E-state index in [-0.39, 0.29) is 0 Å². The maximum atomic E-state index is 10.6. The molecule has 2 rings (SSSR count). The second-order valence-corrected chi connectivity index (χ2v) is 6.06. The maximum absolute atomic E-state index is 10.6. The van der Waals surface area contributed by atoms with Crippen molar-refractivity contribution in [2.45, 2.75) is 45.9 Å². The number of H-pyrrole nitrogens is 1. The van der Waals surface area contributed by atoms with Crippen LogP contribution >= 0.6 is 0 Å². The molecule has 0 saturated carbocycles. The van der Waals surface area contributed by atoms with E-state index in [4.69, 9.17) is 4.74 Å². The van der Waals surface area contributed by atoms with Crippen LogP contribution in [0.15, 0.2) is 24.4 Å². The molecule has 0 fully saturated rings. The van der Waals surface area contributed by atoms with Gasteiger partial charge >= 0.3 is 0 Å². The van der Waals surface area contributed by atoms with Gasteiger partial charge in [0.15, 0.2) is 0 Å². The summed E-state index contributed by atoms with van der Waals surface area (Å²) >= 11 is 0. The number of hydrogen-bond donors (Lipinski definition) is 2. The van der Waals surface area contributed by atoms with Crippen molar-refractivity contribution in [2.75, 3.05) is 13.7 Å². The third-order valence-electron chi connectivity index (χ3n) is 3.99. The molecule has 0 spiro atoms. The van der Waals surface area contributed by atoms with Gasteiger partial charge in [-0.25, -0.2) is 0 Å². The van der Waals surface area contributed by atoms with Gasteiger partial charge in [0.25, 0.3) is 0 Å². The zero-order valence-electron chi connectivity index (χ0n) is 13.6. The Morgan fingerprint density at radius 3 is 2.43 bits per heavy atom. The van der Waals surface area contributed by atoms with Crippen molar-refractivity contribution in [3.8, 4) is 5.75 Å². The monoisotopic (exact) mass is 290 g/mol. The van der Waals surface area contributed by atoms with Crippen molar-refractivity contribution in [1.82, 2.24) is 9.88 Å². The third-order valence-corrected chi connectivity index (χ3v) is 3.99. The van der Waals surface area contributed by atoms with Gasteiger partial charge in [-0.2, -0.15) is 0 Å². The minimum atomic E-state index is -0.518. The van der Waals surface area contributed by atoms with Crippen LogP contribution in [-0.4, -0.2) is 40.7 Å². The minimum Gasteiger partial charge on any atom is -0.497 e. The molecule has 0 aliphatic heterocycles. The lowest BCUT2D eigenvalue weighted by atomic mass is 10.1. The lowest BCUT2D eigenvalue weighted by Crippen LogP contribution is -2.39. The Balaban J connectivity index is 2.28. The fourth-order valence-corrected chi connectivity index (χ4v) is 2.84. The summed E-state index contributed by atoms with van der Waals surface area (Å²) in [5.74, 6) is 0.806. The highest BCUT2D eigenvalue weighted by Crippen LogP contribution is 2.28. The van der Waals surface area contributed by atoms with E-state index in [0.717, 1.165) is 22.2 Å². The number of fused-ring (bicyclic) bond motifs is 1. The molecule has 2 N–H and O–H groups in total. The molecule has 1 aromatic heterocycles. The third kappa shape index (κ3) is 3.39. The number of aromatic nitrogens is 1. The summed E-state index contributed by atoms with van der Waals surface area (Å²) in [6.07, 6.45) is 1.38. The van der Waals surface area contributed by atoms with Gasteiger partial charge in [-0.05, 0) is 45.9 Å². The second kappa shape index (κ2) is 6.50. The molecule has 1 aromatic carbocycles. The normalized spacial score (nSPS) is 13.6. The lowest BCUT2D eigenvalue weighted by Gasteiger charge is -2.32. The number of nitrogens with zero attached hydrogens (tertiary/aromatic N) is 1. The molecule has 116 valence electrons. The highest BCUT2D eigenvalue weighted by molar-refractivity contribution is 5.85. The number of nitrogens with one attached hydrogen (secondary N) is 1. The van der Waals surface area contributed by atoms with Crippen LogP contribution in [-0.2, 0) is 0 Å². The molecule has 1 atom stereocenters. The first-order valence-electron chi connectivity index (χ1n) is 7.52. The number of benzene rings is 1. The molecule has 1 unspecified atom stereocenters. The summed E-state index contributed by atoms with van der Waals surface area (Å²) in [6, 6.07) is 6.68. The largest absolute Gasteiger partial charge is 0.497 e. The lowest BCUT2D eigenvalue weighted by molar-refractivity contribution is 0.0764. The van der Waals surface area contributed by atoms with Crippen LogP contribution in [0, 0.1) is 0 Å². The summed E-state index contributed by atoms with van der Waals surface area (Å²) < 4.78 is 5.28. The molecule has 0 aliphatic rings. The minimum absolute atomic E-state index is 0.402. The van der Waals surface area contributed by atoms with Crippen LogP contribution in [0.5, 0.6) is 5.75 Å². The van der Waals surface area contributed by atoms with Crippen LogP contribution in [0.4, 0.5) is 0 Å². The summed E-state index contributed by atoms with van der Waals surface area (Å²) in [7, 11) is 1.66.